The van der Waals surface area contributed by atoms with E-state index in [9.17, 15) is 0 Å². The summed E-state index contributed by atoms with van der Waals surface area (Å²) in [5, 5.41) is 7.98. The van der Waals surface area contributed by atoms with Crippen molar-refractivity contribution in [2.45, 2.75) is 0 Å². The molecular formula is C19H16Cl2N4SZn. The monoisotopic (exact) mass is 466 g/mol. The van der Waals surface area contributed by atoms with Gasteiger partial charge in [0.2, 0.25) is 0 Å². The van der Waals surface area contributed by atoms with Gasteiger partial charge in [0.1, 0.15) is 5.71 Å². The molecule has 0 spiro atoms. The Labute approximate surface area is 179 Å². The number of hydrogen-bond acceptors (Lipinski definition) is 3. The van der Waals surface area contributed by atoms with Crippen LogP contribution < -0.4 is 10.7 Å². The summed E-state index contributed by atoms with van der Waals surface area (Å²) in [6, 6.07) is 25.3. The van der Waals surface area contributed by atoms with Crippen LogP contribution in [0.5, 0.6) is 0 Å². The molecule has 0 radical (unpaired) electrons. The molecule has 0 aliphatic heterocycles. The summed E-state index contributed by atoms with van der Waals surface area (Å²) in [6.07, 6.45) is 1.74. The van der Waals surface area contributed by atoms with Gasteiger partial charge in [-0.05, 0) is 36.5 Å². The fourth-order valence-corrected chi connectivity index (χ4v) is 2.32. The van der Waals surface area contributed by atoms with Crippen molar-refractivity contribution in [2.75, 3.05) is 5.32 Å². The number of benzene rings is 2. The van der Waals surface area contributed by atoms with E-state index in [0.717, 1.165) is 22.7 Å². The minimum atomic E-state index is -0.931. The Morgan fingerprint density at radius 1 is 0.889 bits per heavy atom. The van der Waals surface area contributed by atoms with Gasteiger partial charge in [0, 0.05) is 17.4 Å². The second kappa shape index (κ2) is 12.5. The zero-order chi connectivity index (χ0) is 19.3. The van der Waals surface area contributed by atoms with Crippen LogP contribution in [-0.2, 0) is 15.1 Å². The molecule has 3 rings (SSSR count). The molecule has 0 amide bonds. The quantitative estimate of drug-likeness (QED) is 0.239. The van der Waals surface area contributed by atoms with Gasteiger partial charge in [-0.25, -0.2) is 0 Å². The van der Waals surface area contributed by atoms with Crippen LogP contribution >= 0.6 is 31.6 Å². The van der Waals surface area contributed by atoms with Gasteiger partial charge < -0.3 is 5.32 Å². The maximum atomic E-state index is 5.30. The average Bonchev–Trinajstić information content (AvgIpc) is 2.71. The first-order valence-corrected chi connectivity index (χ1v) is 16.2. The van der Waals surface area contributed by atoms with Crippen molar-refractivity contribution in [1.29, 1.82) is 0 Å². The topological polar surface area (TPSA) is 49.3 Å². The number of halogens is 2. The Hall–Kier alpha value is -1.85. The first-order chi connectivity index (χ1) is 13.2. The van der Waals surface area contributed by atoms with Crippen molar-refractivity contribution in [2.24, 2.45) is 5.10 Å². The summed E-state index contributed by atoms with van der Waals surface area (Å²) < 4.78 is 0. The average molecular weight is 469 g/mol. The number of nitrogens with one attached hydrogen (secondary N) is 2. The molecule has 3 aromatic rings. The molecule has 0 saturated carbocycles. The summed E-state index contributed by atoms with van der Waals surface area (Å²) in [5.41, 5.74) is 6.27. The molecule has 2 N–H and O–H groups in total. The molecule has 2 aromatic carbocycles. The molecule has 0 saturated heterocycles. The van der Waals surface area contributed by atoms with Crippen molar-refractivity contribution in [3.8, 4) is 0 Å². The minimum absolute atomic E-state index is 0.422. The Morgan fingerprint density at radius 3 is 2.07 bits per heavy atom. The molecule has 0 atom stereocenters. The summed E-state index contributed by atoms with van der Waals surface area (Å²) in [5.74, 6) is 0. The van der Waals surface area contributed by atoms with E-state index in [4.69, 9.17) is 31.6 Å². The Balaban J connectivity index is 0.000000817. The molecule has 0 aliphatic rings. The Bertz CT molecular complexity index is 808. The number of rotatable bonds is 4. The number of para-hydroxylation sites is 1. The standard InChI is InChI=1S/C19H16N4S.2ClH.Zn/c24-19(21-16-11-5-2-6-12-16)23-22-18(15-9-3-1-4-10-15)17-13-7-8-14-20-17;;;/h1-14H,(H2,21,23,24);2*1H;/q;;;+2/p-2. The molecular weight excluding hydrogens is 453 g/mol. The van der Waals surface area contributed by atoms with Gasteiger partial charge in [-0.2, -0.15) is 5.10 Å². The van der Waals surface area contributed by atoms with Crippen molar-refractivity contribution in [3.63, 3.8) is 0 Å². The number of anilines is 1. The van der Waals surface area contributed by atoms with E-state index >= 15 is 0 Å². The van der Waals surface area contributed by atoms with Gasteiger partial charge in [-0.15, -0.1) is 0 Å². The third-order valence-electron chi connectivity index (χ3n) is 3.26. The second-order valence-corrected chi connectivity index (χ2v) is 10.1. The number of hydrazone groups is 1. The number of nitrogens with zero attached hydrogens (tertiary/aromatic N) is 2. The second-order valence-electron chi connectivity index (χ2n) is 5.07. The molecule has 0 aliphatic carbocycles. The van der Waals surface area contributed by atoms with Gasteiger partial charge >= 0.3 is 34.5 Å². The molecule has 1 heterocycles. The predicted octanol–water partition coefficient (Wildman–Crippen LogP) is 5.20. The first-order valence-electron chi connectivity index (χ1n) is 8.03. The third-order valence-corrected chi connectivity index (χ3v) is 3.45. The molecule has 134 valence electrons. The van der Waals surface area contributed by atoms with E-state index in [-0.39, 0.29) is 0 Å². The zero-order valence-electron chi connectivity index (χ0n) is 14.3. The van der Waals surface area contributed by atoms with Crippen molar-refractivity contribution < 1.29 is 15.1 Å². The molecule has 4 nitrogen and oxygen atoms in total. The summed E-state index contributed by atoms with van der Waals surface area (Å²) in [4.78, 5) is 4.38. The number of aromatic nitrogens is 1. The van der Waals surface area contributed by atoms with E-state index in [1.807, 2.05) is 78.9 Å². The van der Waals surface area contributed by atoms with E-state index in [0.29, 0.717) is 5.11 Å². The van der Waals surface area contributed by atoms with Gasteiger partial charge in [-0.1, -0.05) is 54.6 Å². The van der Waals surface area contributed by atoms with Gasteiger partial charge in [0.25, 0.3) is 0 Å². The zero-order valence-corrected chi connectivity index (χ0v) is 19.6. The molecule has 0 fully saturated rings. The van der Waals surface area contributed by atoms with Crippen molar-refractivity contribution in [1.82, 2.24) is 10.4 Å². The SMILES string of the molecule is S=C(NN=C(c1ccccc1)c1ccccn1)Nc1ccccc1.[Cl][Zn][Cl]. The van der Waals surface area contributed by atoms with E-state index in [1.165, 1.54) is 0 Å². The first kappa shape index (κ1) is 21.5. The molecule has 1 aromatic heterocycles. The van der Waals surface area contributed by atoms with E-state index in [2.05, 4.69) is 20.8 Å². The van der Waals surface area contributed by atoms with E-state index in [1.54, 1.807) is 6.20 Å². The normalized spacial score (nSPS) is 10.1. The van der Waals surface area contributed by atoms with Crippen molar-refractivity contribution in [3.05, 3.63) is 96.3 Å². The number of pyridine rings is 1. The van der Waals surface area contributed by atoms with Gasteiger partial charge in [0.15, 0.2) is 5.11 Å². The molecule has 0 bridgehead atoms. The van der Waals surface area contributed by atoms with Crippen LogP contribution in [0, 0.1) is 0 Å². The van der Waals surface area contributed by atoms with Gasteiger partial charge in [-0.3, -0.25) is 10.4 Å². The van der Waals surface area contributed by atoms with E-state index < -0.39 is 15.1 Å². The fraction of sp³-hybridized carbons (Fsp3) is 0. The fourth-order valence-electron chi connectivity index (χ4n) is 2.16. The van der Waals surface area contributed by atoms with Crippen LogP contribution in [0.15, 0.2) is 90.2 Å². The Kier molecular flexibility index (Phi) is 9.95. The van der Waals surface area contributed by atoms with Crippen LogP contribution in [0.4, 0.5) is 5.69 Å². The molecule has 0 unspecified atom stereocenters. The molecule has 27 heavy (non-hydrogen) atoms. The maximum absolute atomic E-state index is 5.30. The summed E-state index contributed by atoms with van der Waals surface area (Å²) in [7, 11) is 9.90. The number of thiocarbonyl (C=S) groups is 1. The Morgan fingerprint density at radius 2 is 1.48 bits per heavy atom. The van der Waals surface area contributed by atoms with Crippen LogP contribution in [0.1, 0.15) is 11.3 Å². The molecule has 8 heteroatoms. The van der Waals surface area contributed by atoms with Crippen molar-refractivity contribution >= 4 is 48.1 Å². The van der Waals surface area contributed by atoms with Crippen LogP contribution in [0.3, 0.4) is 0 Å². The third kappa shape index (κ3) is 7.73. The number of hydrogen-bond donors (Lipinski definition) is 2. The van der Waals surface area contributed by atoms with Crippen LogP contribution in [-0.4, -0.2) is 15.8 Å². The summed E-state index contributed by atoms with van der Waals surface area (Å²) in [6.45, 7) is 0. The van der Waals surface area contributed by atoms with Gasteiger partial charge in [0.05, 0.1) is 5.69 Å². The van der Waals surface area contributed by atoms with Crippen LogP contribution in [0.25, 0.3) is 0 Å². The van der Waals surface area contributed by atoms with Crippen LogP contribution in [0.2, 0.25) is 0 Å². The predicted molar refractivity (Wildman–Crippen MR) is 114 cm³/mol. The summed E-state index contributed by atoms with van der Waals surface area (Å²) >= 11 is 4.37.